The molecule has 3 rings (SSSR count). The predicted molar refractivity (Wildman–Crippen MR) is 113 cm³/mol. The highest BCUT2D eigenvalue weighted by Crippen LogP contribution is 2.17. The number of carbonyl (C=O) groups excluding carboxylic acids is 3. The van der Waals surface area contributed by atoms with E-state index in [9.17, 15) is 18.8 Å². The second kappa shape index (κ2) is 10.2. The molecule has 0 unspecified atom stereocenters. The van der Waals surface area contributed by atoms with Crippen LogP contribution in [0.4, 0.5) is 10.1 Å². The van der Waals surface area contributed by atoms with Gasteiger partial charge in [-0.2, -0.15) is 5.10 Å². The standard InChI is InChI=1S/C22H27FN4O4/c1-3-5-20(28)18-14-19(22(30)31-4-2)27(24-18)15-21(29)26-12-10-25(11-13-26)17-8-6-16(23)7-9-17/h6-9,14H,3-5,10-13,15H2,1-2H3. The van der Waals surface area contributed by atoms with E-state index < -0.39 is 5.97 Å². The van der Waals surface area contributed by atoms with Crippen LogP contribution in [-0.4, -0.2) is 65.1 Å². The second-order valence-electron chi connectivity index (χ2n) is 7.31. The van der Waals surface area contributed by atoms with Gasteiger partial charge in [0.2, 0.25) is 5.91 Å². The van der Waals surface area contributed by atoms with Crippen molar-refractivity contribution in [2.24, 2.45) is 0 Å². The van der Waals surface area contributed by atoms with E-state index in [0.717, 1.165) is 5.69 Å². The van der Waals surface area contributed by atoms with Gasteiger partial charge in [0.05, 0.1) is 6.61 Å². The Kier molecular flexibility index (Phi) is 7.38. The number of rotatable bonds is 8. The summed E-state index contributed by atoms with van der Waals surface area (Å²) in [5.74, 6) is -1.26. The fraction of sp³-hybridized carbons (Fsp3) is 0.455. The van der Waals surface area contributed by atoms with Crippen molar-refractivity contribution in [3.63, 3.8) is 0 Å². The molecule has 0 spiro atoms. The lowest BCUT2D eigenvalue weighted by Crippen LogP contribution is -2.49. The number of amides is 1. The van der Waals surface area contributed by atoms with E-state index in [1.54, 1.807) is 24.0 Å². The molecule has 2 heterocycles. The monoisotopic (exact) mass is 430 g/mol. The van der Waals surface area contributed by atoms with E-state index in [1.165, 1.54) is 22.9 Å². The number of Topliss-reactive ketones (excluding diaryl/α,β-unsaturated/α-hetero) is 1. The van der Waals surface area contributed by atoms with Crippen LogP contribution in [-0.2, 0) is 16.1 Å². The Bertz CT molecular complexity index is 933. The minimum absolute atomic E-state index is 0.0969. The van der Waals surface area contributed by atoms with E-state index in [1.807, 2.05) is 6.92 Å². The second-order valence-corrected chi connectivity index (χ2v) is 7.31. The van der Waals surface area contributed by atoms with Crippen LogP contribution in [0.2, 0.25) is 0 Å². The third-order valence-electron chi connectivity index (χ3n) is 5.14. The first-order valence-corrected chi connectivity index (χ1v) is 10.5. The Hall–Kier alpha value is -3.23. The summed E-state index contributed by atoms with van der Waals surface area (Å²) in [4.78, 5) is 41.1. The lowest BCUT2D eigenvalue weighted by molar-refractivity contribution is -0.132. The molecule has 8 nitrogen and oxygen atoms in total. The topological polar surface area (TPSA) is 84.7 Å². The molecule has 0 radical (unpaired) electrons. The molecule has 166 valence electrons. The maximum absolute atomic E-state index is 13.1. The van der Waals surface area contributed by atoms with Gasteiger partial charge in [-0.05, 0) is 37.6 Å². The normalized spacial score (nSPS) is 13.9. The van der Waals surface area contributed by atoms with Gasteiger partial charge in [0.25, 0.3) is 0 Å². The van der Waals surface area contributed by atoms with Crippen LogP contribution in [0, 0.1) is 5.82 Å². The van der Waals surface area contributed by atoms with E-state index in [-0.39, 0.29) is 42.0 Å². The Morgan fingerprint density at radius 2 is 1.74 bits per heavy atom. The number of benzene rings is 1. The Morgan fingerprint density at radius 1 is 1.06 bits per heavy atom. The number of ketones is 1. The summed E-state index contributed by atoms with van der Waals surface area (Å²) >= 11 is 0. The number of halogens is 1. The molecular formula is C22H27FN4O4. The van der Waals surface area contributed by atoms with Gasteiger partial charge in [0, 0.05) is 44.4 Å². The zero-order valence-electron chi connectivity index (χ0n) is 17.8. The molecule has 9 heteroatoms. The van der Waals surface area contributed by atoms with Crippen LogP contribution in [0.1, 0.15) is 47.7 Å². The summed E-state index contributed by atoms with van der Waals surface area (Å²) in [6.07, 6.45) is 0.982. The number of hydrogen-bond donors (Lipinski definition) is 0. The van der Waals surface area contributed by atoms with Crippen molar-refractivity contribution in [1.82, 2.24) is 14.7 Å². The summed E-state index contributed by atoms with van der Waals surface area (Å²) in [6.45, 7) is 5.82. The van der Waals surface area contributed by atoms with Gasteiger partial charge in [0.15, 0.2) is 5.78 Å². The molecule has 0 N–H and O–H groups in total. The van der Waals surface area contributed by atoms with Crippen molar-refractivity contribution in [1.29, 1.82) is 0 Å². The van der Waals surface area contributed by atoms with Crippen LogP contribution < -0.4 is 4.90 Å². The highest BCUT2D eigenvalue weighted by molar-refractivity contribution is 5.97. The number of esters is 1. The average Bonchev–Trinajstić information content (AvgIpc) is 3.19. The molecule has 1 aromatic carbocycles. The van der Waals surface area contributed by atoms with Crippen LogP contribution in [0.15, 0.2) is 30.3 Å². The molecule has 0 bridgehead atoms. The zero-order chi connectivity index (χ0) is 22.4. The van der Waals surface area contributed by atoms with Crippen LogP contribution in [0.5, 0.6) is 0 Å². The average molecular weight is 430 g/mol. The number of piperazine rings is 1. The van der Waals surface area contributed by atoms with Gasteiger partial charge < -0.3 is 14.5 Å². The number of nitrogens with zero attached hydrogens (tertiary/aromatic N) is 4. The quantitative estimate of drug-likeness (QED) is 0.473. The lowest BCUT2D eigenvalue weighted by atomic mass is 10.2. The minimum Gasteiger partial charge on any atom is -0.461 e. The number of ether oxygens (including phenoxy) is 1. The maximum Gasteiger partial charge on any atom is 0.356 e. The first-order chi connectivity index (χ1) is 14.9. The van der Waals surface area contributed by atoms with Crippen molar-refractivity contribution in [2.45, 2.75) is 33.2 Å². The molecule has 1 aliphatic heterocycles. The molecule has 1 saturated heterocycles. The number of hydrogen-bond acceptors (Lipinski definition) is 6. The molecule has 1 aromatic heterocycles. The number of aromatic nitrogens is 2. The summed E-state index contributed by atoms with van der Waals surface area (Å²) in [5, 5.41) is 4.21. The fourth-order valence-corrected chi connectivity index (χ4v) is 3.49. The van der Waals surface area contributed by atoms with Crippen LogP contribution in [0.25, 0.3) is 0 Å². The number of anilines is 1. The minimum atomic E-state index is -0.612. The summed E-state index contributed by atoms with van der Waals surface area (Å²) in [7, 11) is 0. The molecule has 0 saturated carbocycles. The van der Waals surface area contributed by atoms with Gasteiger partial charge >= 0.3 is 5.97 Å². The SMILES string of the molecule is CCCC(=O)c1cc(C(=O)OCC)n(CC(=O)N2CCN(c3ccc(F)cc3)CC2)n1. The largest absolute Gasteiger partial charge is 0.461 e. The number of carbonyl (C=O) groups is 3. The van der Waals surface area contributed by atoms with Crippen molar-refractivity contribution in [2.75, 3.05) is 37.7 Å². The smallest absolute Gasteiger partial charge is 0.356 e. The van der Waals surface area contributed by atoms with Gasteiger partial charge in [-0.3, -0.25) is 9.59 Å². The van der Waals surface area contributed by atoms with E-state index >= 15 is 0 Å². The van der Waals surface area contributed by atoms with Crippen molar-refractivity contribution in [3.05, 3.63) is 47.5 Å². The molecular weight excluding hydrogens is 403 g/mol. The third kappa shape index (κ3) is 5.48. The summed E-state index contributed by atoms with van der Waals surface area (Å²) in [6, 6.07) is 7.67. The molecule has 0 aliphatic carbocycles. The Balaban J connectivity index is 1.67. The maximum atomic E-state index is 13.1. The van der Waals surface area contributed by atoms with Gasteiger partial charge in [-0.15, -0.1) is 0 Å². The van der Waals surface area contributed by atoms with Gasteiger partial charge in [-0.25, -0.2) is 13.9 Å². The Labute approximate surface area is 180 Å². The van der Waals surface area contributed by atoms with Crippen LogP contribution in [0.3, 0.4) is 0 Å². The molecule has 1 amide bonds. The van der Waals surface area contributed by atoms with E-state index in [0.29, 0.717) is 39.0 Å². The lowest BCUT2D eigenvalue weighted by Gasteiger charge is -2.36. The first kappa shape index (κ1) is 22.5. The highest BCUT2D eigenvalue weighted by atomic mass is 19.1. The highest BCUT2D eigenvalue weighted by Gasteiger charge is 2.25. The first-order valence-electron chi connectivity index (χ1n) is 10.5. The van der Waals surface area contributed by atoms with Crippen molar-refractivity contribution < 1.29 is 23.5 Å². The van der Waals surface area contributed by atoms with Gasteiger partial charge in [0.1, 0.15) is 23.7 Å². The third-order valence-corrected chi connectivity index (χ3v) is 5.14. The molecule has 0 atom stereocenters. The molecule has 1 fully saturated rings. The molecule has 31 heavy (non-hydrogen) atoms. The molecule has 1 aliphatic rings. The van der Waals surface area contributed by atoms with E-state index in [2.05, 4.69) is 10.00 Å². The van der Waals surface area contributed by atoms with E-state index in [4.69, 9.17) is 4.74 Å². The molecule has 2 aromatic rings. The Morgan fingerprint density at radius 3 is 2.35 bits per heavy atom. The van der Waals surface area contributed by atoms with Crippen LogP contribution >= 0.6 is 0 Å². The summed E-state index contributed by atoms with van der Waals surface area (Å²) in [5.41, 5.74) is 1.17. The predicted octanol–water partition coefficient (Wildman–Crippen LogP) is 2.53. The fourth-order valence-electron chi connectivity index (χ4n) is 3.49. The summed E-state index contributed by atoms with van der Waals surface area (Å²) < 4.78 is 19.4. The van der Waals surface area contributed by atoms with Crippen molar-refractivity contribution >= 4 is 23.3 Å². The zero-order valence-corrected chi connectivity index (χ0v) is 17.8. The van der Waals surface area contributed by atoms with Crippen molar-refractivity contribution in [3.8, 4) is 0 Å². The van der Waals surface area contributed by atoms with Gasteiger partial charge in [-0.1, -0.05) is 6.92 Å².